The monoisotopic (exact) mass is 264 g/mol. The number of benzene rings is 1. The van der Waals surface area contributed by atoms with Crippen LogP contribution in [0.2, 0.25) is 0 Å². The Hall–Kier alpha value is -1.42. The molecule has 0 heterocycles. The maximum Gasteiger partial charge on any atom is 0.248 e. The second-order valence-electron chi connectivity index (χ2n) is 5.34. The molecule has 1 fully saturated rings. The van der Waals surface area contributed by atoms with Crippen LogP contribution in [0.15, 0.2) is 18.2 Å². The van der Waals surface area contributed by atoms with Crippen LogP contribution in [0.25, 0.3) is 0 Å². The molecule has 0 bridgehead atoms. The SMILES string of the molecule is CCC(CC1CC1)NCc1ccc(C(N)=O)cc1F. The van der Waals surface area contributed by atoms with E-state index in [9.17, 15) is 9.18 Å². The van der Waals surface area contributed by atoms with Gasteiger partial charge in [0.1, 0.15) is 5.82 Å². The summed E-state index contributed by atoms with van der Waals surface area (Å²) in [6.45, 7) is 2.64. The number of hydrogen-bond donors (Lipinski definition) is 2. The molecule has 1 aromatic rings. The lowest BCUT2D eigenvalue weighted by molar-refractivity contribution is 0.1000. The smallest absolute Gasteiger partial charge is 0.248 e. The highest BCUT2D eigenvalue weighted by Gasteiger charge is 2.24. The normalized spacial score (nSPS) is 16.3. The summed E-state index contributed by atoms with van der Waals surface area (Å²) in [5.74, 6) is -0.108. The fourth-order valence-electron chi connectivity index (χ4n) is 2.25. The van der Waals surface area contributed by atoms with Gasteiger partial charge in [-0.25, -0.2) is 4.39 Å². The van der Waals surface area contributed by atoms with Crippen molar-refractivity contribution in [3.05, 3.63) is 35.1 Å². The number of carbonyl (C=O) groups excluding carboxylic acids is 1. The lowest BCUT2D eigenvalue weighted by Gasteiger charge is -2.17. The van der Waals surface area contributed by atoms with Gasteiger partial charge in [0.05, 0.1) is 0 Å². The van der Waals surface area contributed by atoms with Gasteiger partial charge in [-0.3, -0.25) is 4.79 Å². The second kappa shape index (κ2) is 6.15. The number of halogens is 1. The summed E-state index contributed by atoms with van der Waals surface area (Å²) in [6, 6.07) is 4.86. The topological polar surface area (TPSA) is 55.1 Å². The molecule has 3 N–H and O–H groups in total. The number of primary amides is 1. The van der Waals surface area contributed by atoms with E-state index in [1.807, 2.05) is 0 Å². The molecule has 1 saturated carbocycles. The number of amides is 1. The first kappa shape index (κ1) is 14.0. The Kier molecular flexibility index (Phi) is 4.53. The molecule has 1 amide bonds. The highest BCUT2D eigenvalue weighted by molar-refractivity contribution is 5.92. The first-order chi connectivity index (χ1) is 9.10. The molecule has 0 radical (unpaired) electrons. The van der Waals surface area contributed by atoms with E-state index in [0.717, 1.165) is 12.3 Å². The van der Waals surface area contributed by atoms with E-state index in [0.29, 0.717) is 18.2 Å². The van der Waals surface area contributed by atoms with Crippen molar-refractivity contribution in [2.75, 3.05) is 0 Å². The largest absolute Gasteiger partial charge is 0.366 e. The van der Waals surface area contributed by atoms with Gasteiger partial charge in [-0.2, -0.15) is 0 Å². The standard InChI is InChI=1S/C15H21FN2O/c1-2-13(7-10-3-4-10)18-9-12-6-5-11(15(17)19)8-14(12)16/h5-6,8,10,13,18H,2-4,7,9H2,1H3,(H2,17,19). The molecule has 1 atom stereocenters. The molecule has 1 unspecified atom stereocenters. The molecular weight excluding hydrogens is 243 g/mol. The minimum atomic E-state index is -0.599. The molecule has 3 nitrogen and oxygen atoms in total. The van der Waals surface area contributed by atoms with E-state index in [1.165, 1.54) is 25.3 Å². The van der Waals surface area contributed by atoms with Gasteiger partial charge in [-0.05, 0) is 30.9 Å². The average molecular weight is 264 g/mol. The molecule has 2 rings (SSSR count). The summed E-state index contributed by atoms with van der Waals surface area (Å²) < 4.78 is 13.8. The van der Waals surface area contributed by atoms with Crippen molar-refractivity contribution >= 4 is 5.91 Å². The number of rotatable bonds is 7. The molecule has 104 valence electrons. The Labute approximate surface area is 113 Å². The quantitative estimate of drug-likeness (QED) is 0.795. The molecule has 0 saturated heterocycles. The summed E-state index contributed by atoms with van der Waals surface area (Å²) in [5, 5.41) is 3.39. The van der Waals surface area contributed by atoms with E-state index >= 15 is 0 Å². The van der Waals surface area contributed by atoms with Gasteiger partial charge in [0.15, 0.2) is 0 Å². The van der Waals surface area contributed by atoms with Gasteiger partial charge < -0.3 is 11.1 Å². The van der Waals surface area contributed by atoms with Crippen LogP contribution in [0.3, 0.4) is 0 Å². The Morgan fingerprint density at radius 2 is 2.26 bits per heavy atom. The zero-order valence-electron chi connectivity index (χ0n) is 11.3. The summed E-state index contributed by atoms with van der Waals surface area (Å²) in [7, 11) is 0. The minimum Gasteiger partial charge on any atom is -0.366 e. The Bertz CT molecular complexity index is 457. The second-order valence-corrected chi connectivity index (χ2v) is 5.34. The van der Waals surface area contributed by atoms with Crippen molar-refractivity contribution in [3.63, 3.8) is 0 Å². The van der Waals surface area contributed by atoms with Crippen molar-refractivity contribution in [2.24, 2.45) is 11.7 Å². The minimum absolute atomic E-state index is 0.214. The van der Waals surface area contributed by atoms with E-state index in [4.69, 9.17) is 5.73 Å². The maximum atomic E-state index is 13.8. The van der Waals surface area contributed by atoms with E-state index in [1.54, 1.807) is 12.1 Å². The van der Waals surface area contributed by atoms with Gasteiger partial charge in [0.25, 0.3) is 0 Å². The molecule has 19 heavy (non-hydrogen) atoms. The average Bonchev–Trinajstić information content (AvgIpc) is 3.19. The molecular formula is C15H21FN2O. The molecule has 0 aliphatic heterocycles. The lowest BCUT2D eigenvalue weighted by atomic mass is 10.1. The summed E-state index contributed by atoms with van der Waals surface area (Å²) in [6.07, 6.45) is 4.90. The van der Waals surface area contributed by atoms with Crippen LogP contribution in [0.5, 0.6) is 0 Å². The highest BCUT2D eigenvalue weighted by Crippen LogP contribution is 2.34. The van der Waals surface area contributed by atoms with Crippen molar-refractivity contribution in [2.45, 2.75) is 45.2 Å². The Balaban J connectivity index is 1.92. The molecule has 0 aromatic heterocycles. The van der Waals surface area contributed by atoms with Gasteiger partial charge in [0.2, 0.25) is 5.91 Å². The van der Waals surface area contributed by atoms with Crippen LogP contribution in [0, 0.1) is 11.7 Å². The van der Waals surface area contributed by atoms with Gasteiger partial charge in [-0.1, -0.05) is 25.8 Å². The Morgan fingerprint density at radius 1 is 1.53 bits per heavy atom. The van der Waals surface area contributed by atoms with Crippen LogP contribution in [0.1, 0.15) is 48.5 Å². The zero-order chi connectivity index (χ0) is 13.8. The molecule has 4 heteroatoms. The van der Waals surface area contributed by atoms with Crippen molar-refractivity contribution < 1.29 is 9.18 Å². The van der Waals surface area contributed by atoms with E-state index in [-0.39, 0.29) is 11.4 Å². The van der Waals surface area contributed by atoms with Crippen LogP contribution in [0.4, 0.5) is 4.39 Å². The first-order valence-electron chi connectivity index (χ1n) is 6.91. The summed E-state index contributed by atoms with van der Waals surface area (Å²) >= 11 is 0. The summed E-state index contributed by atoms with van der Waals surface area (Å²) in [5.41, 5.74) is 5.91. The zero-order valence-corrected chi connectivity index (χ0v) is 11.3. The van der Waals surface area contributed by atoms with Crippen LogP contribution >= 0.6 is 0 Å². The van der Waals surface area contributed by atoms with Crippen molar-refractivity contribution in [3.8, 4) is 0 Å². The third-order valence-corrected chi connectivity index (χ3v) is 3.73. The highest BCUT2D eigenvalue weighted by atomic mass is 19.1. The number of hydrogen-bond acceptors (Lipinski definition) is 2. The molecule has 1 aliphatic carbocycles. The first-order valence-corrected chi connectivity index (χ1v) is 6.91. The van der Waals surface area contributed by atoms with Crippen LogP contribution < -0.4 is 11.1 Å². The predicted molar refractivity (Wildman–Crippen MR) is 73.2 cm³/mol. The van der Waals surface area contributed by atoms with Crippen LogP contribution in [-0.4, -0.2) is 11.9 Å². The number of carbonyl (C=O) groups is 1. The van der Waals surface area contributed by atoms with Crippen molar-refractivity contribution in [1.82, 2.24) is 5.32 Å². The number of nitrogens with one attached hydrogen (secondary N) is 1. The molecule has 1 aliphatic rings. The third kappa shape index (κ3) is 4.03. The Morgan fingerprint density at radius 3 is 2.79 bits per heavy atom. The van der Waals surface area contributed by atoms with E-state index in [2.05, 4.69) is 12.2 Å². The van der Waals surface area contributed by atoms with E-state index < -0.39 is 5.91 Å². The van der Waals surface area contributed by atoms with Gasteiger partial charge in [0, 0.05) is 23.7 Å². The number of nitrogens with two attached hydrogens (primary N) is 1. The summed E-state index contributed by atoms with van der Waals surface area (Å²) in [4.78, 5) is 10.9. The van der Waals surface area contributed by atoms with Crippen LogP contribution in [-0.2, 0) is 6.54 Å². The predicted octanol–water partition coefficient (Wildman–Crippen LogP) is 2.59. The molecule has 1 aromatic carbocycles. The fourth-order valence-corrected chi connectivity index (χ4v) is 2.25. The molecule has 0 spiro atoms. The lowest BCUT2D eigenvalue weighted by Crippen LogP contribution is -2.28. The maximum absolute atomic E-state index is 13.8. The third-order valence-electron chi connectivity index (χ3n) is 3.73. The van der Waals surface area contributed by atoms with Crippen molar-refractivity contribution in [1.29, 1.82) is 0 Å². The fraction of sp³-hybridized carbons (Fsp3) is 0.533. The van der Waals surface area contributed by atoms with Gasteiger partial charge in [-0.15, -0.1) is 0 Å². The van der Waals surface area contributed by atoms with Gasteiger partial charge >= 0.3 is 0 Å².